The van der Waals surface area contributed by atoms with Gasteiger partial charge in [-0.25, -0.2) is 0 Å². The Morgan fingerprint density at radius 2 is 1.88 bits per heavy atom. The van der Waals surface area contributed by atoms with Crippen LogP contribution in [0.4, 0.5) is 0 Å². The van der Waals surface area contributed by atoms with Gasteiger partial charge in [0, 0.05) is 23.7 Å². The molecule has 2 aromatic carbocycles. The summed E-state index contributed by atoms with van der Waals surface area (Å²) in [5.74, 6) is -0.980. The lowest BCUT2D eigenvalue weighted by molar-refractivity contribution is -0.139. The first kappa shape index (κ1) is 21.4. The molecule has 33 heavy (non-hydrogen) atoms. The monoisotopic (exact) mass is 465 g/mol. The number of benzene rings is 2. The van der Waals surface area contributed by atoms with Crippen LogP contribution in [0, 0.1) is 0 Å². The fourth-order valence-electron chi connectivity index (χ4n) is 4.30. The van der Waals surface area contributed by atoms with Crippen LogP contribution < -0.4 is 0 Å². The Morgan fingerprint density at radius 1 is 1.12 bits per heavy atom. The van der Waals surface area contributed by atoms with Gasteiger partial charge in [-0.05, 0) is 43.7 Å². The van der Waals surface area contributed by atoms with Crippen molar-refractivity contribution in [2.45, 2.75) is 43.4 Å². The first-order valence-corrected chi connectivity index (χ1v) is 11.9. The zero-order chi connectivity index (χ0) is 23.4. The molecule has 1 amide bonds. The molecular weight excluding hydrogens is 442 g/mol. The highest BCUT2D eigenvalue weighted by Crippen LogP contribution is 2.33. The predicted molar refractivity (Wildman–Crippen MR) is 121 cm³/mol. The number of aromatic nitrogens is 2. The van der Waals surface area contributed by atoms with Crippen LogP contribution in [0.3, 0.4) is 0 Å². The van der Waals surface area contributed by atoms with E-state index >= 15 is 0 Å². The molecule has 2 aromatic heterocycles. The molecule has 170 valence electrons. The van der Waals surface area contributed by atoms with E-state index < -0.39 is 21.5 Å². The molecule has 0 aliphatic carbocycles. The number of nitrogens with zero attached hydrogens (tertiary/aromatic N) is 3. The fraction of sp³-hybridized carbons (Fsp3) is 0.250. The Labute approximate surface area is 191 Å². The largest absolute Gasteiger partial charge is 0.464 e. The van der Waals surface area contributed by atoms with Crippen LogP contribution in [0.15, 0.2) is 76.4 Å². The summed E-state index contributed by atoms with van der Waals surface area (Å²) in [6, 6.07) is 15.5. The third-order valence-corrected chi connectivity index (χ3v) is 7.45. The SMILES string of the molecule is CC(C)(O)[C@@H](C(=O)N1Cc2cn(S(=O)(=O)c3ccc4occc4c3)nc2C1)c1ccccc1. The second kappa shape index (κ2) is 7.57. The van der Waals surface area contributed by atoms with Gasteiger partial charge in [0.1, 0.15) is 5.58 Å². The molecule has 0 fully saturated rings. The Bertz CT molecular complexity index is 1420. The van der Waals surface area contributed by atoms with Crippen LogP contribution in [-0.4, -0.2) is 39.1 Å². The first-order chi connectivity index (χ1) is 15.6. The number of aliphatic hydroxyl groups is 1. The predicted octanol–water partition coefficient (Wildman–Crippen LogP) is 3.26. The lowest BCUT2D eigenvalue weighted by Crippen LogP contribution is -2.42. The molecule has 9 heteroatoms. The molecule has 1 aliphatic rings. The highest BCUT2D eigenvalue weighted by atomic mass is 32.2. The van der Waals surface area contributed by atoms with Crippen LogP contribution in [0.1, 0.15) is 36.6 Å². The molecule has 1 atom stereocenters. The van der Waals surface area contributed by atoms with E-state index in [0.717, 1.165) is 9.65 Å². The van der Waals surface area contributed by atoms with Crippen molar-refractivity contribution in [3.8, 4) is 0 Å². The van der Waals surface area contributed by atoms with Gasteiger partial charge in [0.25, 0.3) is 10.0 Å². The third kappa shape index (κ3) is 3.73. The number of amides is 1. The summed E-state index contributed by atoms with van der Waals surface area (Å²) in [7, 11) is -3.89. The van der Waals surface area contributed by atoms with Gasteiger partial charge >= 0.3 is 0 Å². The number of furan rings is 1. The Kier molecular flexibility index (Phi) is 4.91. The standard InChI is InChI=1S/C24H23N3O5S/c1-24(2,29)22(16-6-4-3-5-7-16)23(28)26-13-18-14-27(25-20(18)15-26)33(30,31)19-8-9-21-17(12-19)10-11-32-21/h3-12,14,22,29H,13,15H2,1-2H3/t22-/m1/s1. The summed E-state index contributed by atoms with van der Waals surface area (Å²) in [5, 5.41) is 15.7. The fourth-order valence-corrected chi connectivity index (χ4v) is 5.50. The Hall–Kier alpha value is -3.43. The number of carbonyl (C=O) groups excluding carboxylic acids is 1. The summed E-state index contributed by atoms with van der Waals surface area (Å²) >= 11 is 0. The highest BCUT2D eigenvalue weighted by molar-refractivity contribution is 7.89. The second-order valence-electron chi connectivity index (χ2n) is 8.79. The summed E-state index contributed by atoms with van der Waals surface area (Å²) in [4.78, 5) is 15.1. The van der Waals surface area contributed by atoms with Crippen molar-refractivity contribution in [1.82, 2.24) is 14.1 Å². The van der Waals surface area contributed by atoms with Gasteiger partial charge in [-0.1, -0.05) is 30.3 Å². The first-order valence-electron chi connectivity index (χ1n) is 10.5. The van der Waals surface area contributed by atoms with E-state index in [4.69, 9.17) is 4.42 Å². The van der Waals surface area contributed by atoms with Gasteiger partial charge in [-0.3, -0.25) is 4.79 Å². The average molecular weight is 466 g/mol. The molecule has 8 nitrogen and oxygen atoms in total. The third-order valence-electron chi connectivity index (χ3n) is 5.92. The normalized spacial score (nSPS) is 15.1. The molecule has 0 saturated heterocycles. The zero-order valence-electron chi connectivity index (χ0n) is 18.2. The number of hydrogen-bond acceptors (Lipinski definition) is 6. The number of carbonyl (C=O) groups is 1. The Balaban J connectivity index is 1.40. The summed E-state index contributed by atoms with van der Waals surface area (Å²) in [6.45, 7) is 3.63. The number of hydrogen-bond donors (Lipinski definition) is 1. The molecule has 0 unspecified atom stereocenters. The van der Waals surface area contributed by atoms with E-state index in [-0.39, 0.29) is 23.9 Å². The lowest BCUT2D eigenvalue weighted by atomic mass is 9.83. The highest BCUT2D eigenvalue weighted by Gasteiger charge is 2.40. The number of rotatable bonds is 5. The van der Waals surface area contributed by atoms with E-state index in [1.807, 2.05) is 30.3 Å². The van der Waals surface area contributed by atoms with Crippen LogP contribution in [0.2, 0.25) is 0 Å². The molecule has 0 saturated carbocycles. The minimum absolute atomic E-state index is 0.108. The minimum atomic E-state index is -3.89. The van der Waals surface area contributed by atoms with Gasteiger partial charge in [0.2, 0.25) is 5.91 Å². The zero-order valence-corrected chi connectivity index (χ0v) is 19.0. The van der Waals surface area contributed by atoms with Crippen molar-refractivity contribution in [3.63, 3.8) is 0 Å². The van der Waals surface area contributed by atoms with E-state index in [1.54, 1.807) is 36.9 Å². The molecule has 0 spiro atoms. The van der Waals surface area contributed by atoms with Crippen molar-refractivity contribution in [3.05, 3.63) is 83.9 Å². The molecule has 1 N–H and O–H groups in total. The van der Waals surface area contributed by atoms with Crippen LogP contribution in [-0.2, 0) is 27.9 Å². The van der Waals surface area contributed by atoms with Crippen LogP contribution in [0.25, 0.3) is 11.0 Å². The lowest BCUT2D eigenvalue weighted by Gasteiger charge is -2.32. The van der Waals surface area contributed by atoms with Crippen molar-refractivity contribution >= 4 is 26.9 Å². The summed E-state index contributed by atoms with van der Waals surface area (Å²) in [6.07, 6.45) is 2.96. The summed E-state index contributed by atoms with van der Waals surface area (Å²) in [5.41, 5.74) is 1.25. The second-order valence-corrected chi connectivity index (χ2v) is 10.6. The maximum absolute atomic E-state index is 13.4. The van der Waals surface area contributed by atoms with E-state index in [0.29, 0.717) is 22.2 Å². The molecule has 3 heterocycles. The van der Waals surface area contributed by atoms with Gasteiger partial charge in [0.15, 0.2) is 0 Å². The van der Waals surface area contributed by atoms with E-state index in [1.165, 1.54) is 18.5 Å². The molecule has 1 aliphatic heterocycles. The van der Waals surface area contributed by atoms with E-state index in [2.05, 4.69) is 5.10 Å². The maximum Gasteiger partial charge on any atom is 0.282 e. The van der Waals surface area contributed by atoms with Crippen molar-refractivity contribution in [2.75, 3.05) is 0 Å². The smallest absolute Gasteiger partial charge is 0.282 e. The average Bonchev–Trinajstić information content (AvgIpc) is 3.47. The quantitative estimate of drug-likeness (QED) is 0.485. The van der Waals surface area contributed by atoms with Crippen LogP contribution >= 0.6 is 0 Å². The number of fused-ring (bicyclic) bond motifs is 2. The Morgan fingerprint density at radius 3 is 2.58 bits per heavy atom. The molecule has 5 rings (SSSR count). The van der Waals surface area contributed by atoms with E-state index in [9.17, 15) is 18.3 Å². The van der Waals surface area contributed by atoms with Gasteiger partial charge in [-0.15, -0.1) is 0 Å². The van der Waals surface area contributed by atoms with Crippen molar-refractivity contribution < 1.29 is 22.7 Å². The van der Waals surface area contributed by atoms with Gasteiger partial charge < -0.3 is 14.4 Å². The van der Waals surface area contributed by atoms with Gasteiger partial charge in [-0.2, -0.15) is 17.6 Å². The molecule has 4 aromatic rings. The molecule has 0 radical (unpaired) electrons. The minimum Gasteiger partial charge on any atom is -0.464 e. The van der Waals surface area contributed by atoms with Gasteiger partial charge in [0.05, 0.1) is 34.9 Å². The van der Waals surface area contributed by atoms with Crippen LogP contribution in [0.5, 0.6) is 0 Å². The molecular formula is C24H23N3O5S. The molecule has 0 bridgehead atoms. The summed E-state index contributed by atoms with van der Waals surface area (Å²) < 4.78 is 32.4. The van der Waals surface area contributed by atoms with Crippen molar-refractivity contribution in [1.29, 1.82) is 0 Å². The topological polar surface area (TPSA) is 106 Å². The van der Waals surface area contributed by atoms with Crippen molar-refractivity contribution in [2.24, 2.45) is 0 Å². The maximum atomic E-state index is 13.4.